The summed E-state index contributed by atoms with van der Waals surface area (Å²) in [6.07, 6.45) is 4.74. The van der Waals surface area contributed by atoms with Crippen molar-refractivity contribution in [3.8, 4) is 5.69 Å². The van der Waals surface area contributed by atoms with Crippen molar-refractivity contribution in [3.05, 3.63) is 42.2 Å². The minimum Gasteiger partial charge on any atom is -0.344 e. The molecule has 0 unspecified atom stereocenters. The van der Waals surface area contributed by atoms with Crippen LogP contribution in [-0.4, -0.2) is 27.6 Å². The van der Waals surface area contributed by atoms with Crippen LogP contribution in [0.3, 0.4) is 0 Å². The Kier molecular flexibility index (Phi) is 4.14. The lowest BCUT2D eigenvalue weighted by molar-refractivity contribution is -0.129. The van der Waals surface area contributed by atoms with Gasteiger partial charge in [0.05, 0.1) is 5.69 Å². The third-order valence-corrected chi connectivity index (χ3v) is 4.06. The van der Waals surface area contributed by atoms with E-state index in [0.717, 1.165) is 16.9 Å². The molecule has 0 saturated carbocycles. The average molecular weight is 312 g/mol. The Hall–Kier alpha value is -2.63. The van der Waals surface area contributed by atoms with Gasteiger partial charge in [0.25, 0.3) is 0 Å². The van der Waals surface area contributed by atoms with Crippen LogP contribution in [-0.2, 0) is 9.59 Å². The number of carbonyl (C=O) groups is 2. The van der Waals surface area contributed by atoms with E-state index in [4.69, 9.17) is 0 Å². The van der Waals surface area contributed by atoms with Crippen molar-refractivity contribution in [2.75, 3.05) is 5.32 Å². The molecule has 2 heterocycles. The summed E-state index contributed by atoms with van der Waals surface area (Å²) in [5.41, 5.74) is 2.63. The summed E-state index contributed by atoms with van der Waals surface area (Å²) in [6, 6.07) is 7.12. The fourth-order valence-corrected chi connectivity index (χ4v) is 2.86. The van der Waals surface area contributed by atoms with Crippen LogP contribution in [0.2, 0.25) is 0 Å². The predicted octanol–water partition coefficient (Wildman–Crippen LogP) is 2.03. The summed E-state index contributed by atoms with van der Waals surface area (Å²) in [4.78, 5) is 24.0. The molecule has 2 amide bonds. The molecular weight excluding hydrogens is 292 g/mol. The van der Waals surface area contributed by atoms with Gasteiger partial charge in [-0.25, -0.2) is 4.68 Å². The number of nitrogens with one attached hydrogen (secondary N) is 2. The molecule has 1 aliphatic rings. The van der Waals surface area contributed by atoms with Crippen LogP contribution in [0.5, 0.6) is 0 Å². The number of amides is 2. The fourth-order valence-electron chi connectivity index (χ4n) is 2.86. The maximum absolute atomic E-state index is 12.4. The Morgan fingerprint density at radius 3 is 2.91 bits per heavy atom. The van der Waals surface area contributed by atoms with Gasteiger partial charge >= 0.3 is 0 Å². The molecule has 120 valence electrons. The number of aromatic nitrogens is 2. The zero-order valence-electron chi connectivity index (χ0n) is 13.2. The van der Waals surface area contributed by atoms with Crippen LogP contribution in [0.1, 0.15) is 25.3 Å². The van der Waals surface area contributed by atoms with Crippen molar-refractivity contribution >= 4 is 17.5 Å². The van der Waals surface area contributed by atoms with Crippen molar-refractivity contribution in [2.24, 2.45) is 5.92 Å². The van der Waals surface area contributed by atoms with Crippen molar-refractivity contribution in [3.63, 3.8) is 0 Å². The first-order chi connectivity index (χ1) is 11.0. The summed E-state index contributed by atoms with van der Waals surface area (Å²) >= 11 is 0. The van der Waals surface area contributed by atoms with Crippen molar-refractivity contribution in [1.29, 1.82) is 0 Å². The first kappa shape index (κ1) is 15.3. The van der Waals surface area contributed by atoms with Crippen LogP contribution < -0.4 is 10.6 Å². The summed E-state index contributed by atoms with van der Waals surface area (Å²) in [5, 5.41) is 9.86. The number of benzene rings is 1. The number of nitrogens with zero attached hydrogens (tertiary/aromatic N) is 2. The van der Waals surface area contributed by atoms with E-state index in [1.54, 1.807) is 10.9 Å². The largest absolute Gasteiger partial charge is 0.344 e. The number of piperidine rings is 1. The Bertz CT molecular complexity index is 724. The van der Waals surface area contributed by atoms with Gasteiger partial charge in [-0.15, -0.1) is 0 Å². The van der Waals surface area contributed by atoms with E-state index in [-0.39, 0.29) is 17.7 Å². The molecule has 0 spiro atoms. The zero-order chi connectivity index (χ0) is 16.4. The number of carbonyl (C=O) groups excluding carboxylic acids is 2. The molecule has 0 bridgehead atoms. The Morgan fingerprint density at radius 1 is 1.43 bits per heavy atom. The molecule has 3 rings (SSSR count). The standard InChI is InChI=1S/C17H20N4O2/c1-11-8-15(19-16(22)9-11)17(23)20-14-5-4-13(10-12(14)2)21-7-3-6-18-21/h3-7,10-11,15H,8-9H2,1-2H3,(H,19,22)(H,20,23)/t11-,15-/m1/s1. The molecule has 1 aliphatic heterocycles. The predicted molar refractivity (Wildman–Crippen MR) is 87.3 cm³/mol. The van der Waals surface area contributed by atoms with E-state index < -0.39 is 6.04 Å². The van der Waals surface area contributed by atoms with Gasteiger partial charge in [-0.3, -0.25) is 9.59 Å². The van der Waals surface area contributed by atoms with Gasteiger partial charge in [0, 0.05) is 24.5 Å². The van der Waals surface area contributed by atoms with Crippen LogP contribution in [0.4, 0.5) is 5.69 Å². The van der Waals surface area contributed by atoms with Gasteiger partial charge < -0.3 is 10.6 Å². The first-order valence-corrected chi connectivity index (χ1v) is 7.74. The van der Waals surface area contributed by atoms with E-state index in [2.05, 4.69) is 15.7 Å². The maximum Gasteiger partial charge on any atom is 0.246 e. The van der Waals surface area contributed by atoms with Gasteiger partial charge in [0.1, 0.15) is 6.04 Å². The highest BCUT2D eigenvalue weighted by molar-refractivity contribution is 5.98. The molecule has 2 N–H and O–H groups in total. The monoisotopic (exact) mass is 312 g/mol. The second-order valence-corrected chi connectivity index (χ2v) is 6.10. The SMILES string of the molecule is Cc1cc(-n2cccn2)ccc1NC(=O)[C@H]1C[C@@H](C)CC(=O)N1. The molecule has 1 aromatic carbocycles. The lowest BCUT2D eigenvalue weighted by atomic mass is 9.93. The maximum atomic E-state index is 12.4. The van der Waals surface area contributed by atoms with Gasteiger partial charge in [0.15, 0.2) is 0 Å². The number of rotatable bonds is 3. The fraction of sp³-hybridized carbons (Fsp3) is 0.353. The highest BCUT2D eigenvalue weighted by Gasteiger charge is 2.29. The molecule has 2 aromatic rings. The molecular formula is C17H20N4O2. The number of anilines is 1. The van der Waals surface area contributed by atoms with Crippen LogP contribution in [0.25, 0.3) is 5.69 Å². The highest BCUT2D eigenvalue weighted by atomic mass is 16.2. The summed E-state index contributed by atoms with van der Waals surface area (Å²) in [6.45, 7) is 3.92. The molecule has 1 saturated heterocycles. The quantitative estimate of drug-likeness (QED) is 0.910. The van der Waals surface area contributed by atoms with Crippen molar-refractivity contribution in [1.82, 2.24) is 15.1 Å². The van der Waals surface area contributed by atoms with Gasteiger partial charge in [0.2, 0.25) is 11.8 Å². The van der Waals surface area contributed by atoms with E-state index in [0.29, 0.717) is 12.8 Å². The van der Waals surface area contributed by atoms with Gasteiger partial charge in [-0.05, 0) is 49.1 Å². The molecule has 0 aliphatic carbocycles. The number of hydrogen-bond acceptors (Lipinski definition) is 3. The second-order valence-electron chi connectivity index (χ2n) is 6.10. The number of hydrogen-bond donors (Lipinski definition) is 2. The smallest absolute Gasteiger partial charge is 0.246 e. The molecule has 1 fully saturated rings. The van der Waals surface area contributed by atoms with Crippen LogP contribution >= 0.6 is 0 Å². The lowest BCUT2D eigenvalue weighted by Crippen LogP contribution is -2.48. The minimum absolute atomic E-state index is 0.0605. The van der Waals surface area contributed by atoms with Crippen LogP contribution in [0, 0.1) is 12.8 Å². The molecule has 6 heteroatoms. The molecule has 0 radical (unpaired) electrons. The lowest BCUT2D eigenvalue weighted by Gasteiger charge is -2.27. The van der Waals surface area contributed by atoms with E-state index >= 15 is 0 Å². The minimum atomic E-state index is -0.462. The zero-order valence-corrected chi connectivity index (χ0v) is 13.2. The van der Waals surface area contributed by atoms with E-state index in [9.17, 15) is 9.59 Å². The number of aryl methyl sites for hydroxylation is 1. The van der Waals surface area contributed by atoms with Crippen molar-refractivity contribution in [2.45, 2.75) is 32.7 Å². The average Bonchev–Trinajstić information content (AvgIpc) is 3.02. The third-order valence-electron chi connectivity index (χ3n) is 4.06. The summed E-state index contributed by atoms with van der Waals surface area (Å²) in [5.74, 6) is -0.00252. The van der Waals surface area contributed by atoms with E-state index in [1.807, 2.05) is 44.3 Å². The Balaban J connectivity index is 1.72. The molecule has 23 heavy (non-hydrogen) atoms. The first-order valence-electron chi connectivity index (χ1n) is 7.74. The van der Waals surface area contributed by atoms with Crippen LogP contribution in [0.15, 0.2) is 36.7 Å². The summed E-state index contributed by atoms with van der Waals surface area (Å²) < 4.78 is 1.77. The second kappa shape index (κ2) is 6.24. The topological polar surface area (TPSA) is 76.0 Å². The van der Waals surface area contributed by atoms with E-state index in [1.165, 1.54) is 0 Å². The van der Waals surface area contributed by atoms with Gasteiger partial charge in [-0.2, -0.15) is 5.10 Å². The molecule has 1 aromatic heterocycles. The third kappa shape index (κ3) is 3.41. The van der Waals surface area contributed by atoms with Crippen molar-refractivity contribution < 1.29 is 9.59 Å². The Morgan fingerprint density at radius 2 is 2.26 bits per heavy atom. The van der Waals surface area contributed by atoms with Gasteiger partial charge in [-0.1, -0.05) is 6.92 Å². The normalized spacial score (nSPS) is 20.9. The Labute approximate surface area is 134 Å². The summed E-state index contributed by atoms with van der Waals surface area (Å²) in [7, 11) is 0. The highest BCUT2D eigenvalue weighted by Crippen LogP contribution is 2.21. The molecule has 6 nitrogen and oxygen atoms in total. The molecule has 2 atom stereocenters.